The largest absolute Gasteiger partial charge is 0.365 e. The molecule has 2 aliphatic heterocycles. The van der Waals surface area contributed by atoms with Crippen LogP contribution in [0.4, 0.5) is 20.4 Å². The number of hydrogen-bond acceptors (Lipinski definition) is 9. The number of ether oxygens (including phenoxy) is 1. The molecule has 0 aliphatic carbocycles. The zero-order valence-corrected chi connectivity index (χ0v) is 20.5. The molecule has 2 saturated heterocycles. The van der Waals surface area contributed by atoms with Gasteiger partial charge in [0.1, 0.15) is 11.6 Å². The van der Waals surface area contributed by atoms with Crippen LogP contribution < -0.4 is 26.4 Å². The van der Waals surface area contributed by atoms with Gasteiger partial charge >= 0.3 is 0 Å². The second-order valence-electron chi connectivity index (χ2n) is 9.28. The van der Waals surface area contributed by atoms with Gasteiger partial charge in [-0.05, 0) is 43.2 Å². The number of methoxy groups -OCH3 is 1. The average Bonchev–Trinajstić information content (AvgIpc) is 3.55. The first-order valence-corrected chi connectivity index (χ1v) is 12.0. The van der Waals surface area contributed by atoms with Crippen LogP contribution in [0.1, 0.15) is 30.9 Å². The zero-order chi connectivity index (χ0) is 26.0. The molecule has 2 aliphatic rings. The molecule has 2 unspecified atom stereocenters. The van der Waals surface area contributed by atoms with Gasteiger partial charge in [-0.15, -0.1) is 0 Å². The third-order valence-electron chi connectivity index (χ3n) is 6.52. The van der Waals surface area contributed by atoms with Crippen LogP contribution in [0.2, 0.25) is 0 Å². The monoisotopic (exact) mass is 513 g/mol. The molecule has 37 heavy (non-hydrogen) atoms. The molecule has 11 nitrogen and oxygen atoms in total. The van der Waals surface area contributed by atoms with Crippen LogP contribution in [-0.4, -0.2) is 63.7 Å². The Kier molecular flexibility index (Phi) is 7.00. The van der Waals surface area contributed by atoms with Crippen molar-refractivity contribution in [1.82, 2.24) is 35.9 Å². The number of pyridine rings is 2. The van der Waals surface area contributed by atoms with E-state index in [1.54, 1.807) is 28.2 Å². The molecule has 0 saturated carbocycles. The highest BCUT2D eigenvalue weighted by atomic mass is 19.3. The minimum Gasteiger partial charge on any atom is -0.365 e. The van der Waals surface area contributed by atoms with Gasteiger partial charge in [0.2, 0.25) is 0 Å². The first kappa shape index (κ1) is 25.0. The van der Waals surface area contributed by atoms with Crippen LogP contribution in [0.25, 0.3) is 5.82 Å². The van der Waals surface area contributed by atoms with Gasteiger partial charge in [0.15, 0.2) is 11.4 Å². The van der Waals surface area contributed by atoms with Crippen LogP contribution >= 0.6 is 0 Å². The molecule has 1 amide bonds. The Morgan fingerprint density at radius 3 is 2.73 bits per heavy atom. The summed E-state index contributed by atoms with van der Waals surface area (Å²) in [6, 6.07) is 8.43. The second kappa shape index (κ2) is 10.4. The quantitative estimate of drug-likeness (QED) is 0.339. The number of nitrogens with zero attached hydrogens (tertiary/aromatic N) is 5. The second-order valence-corrected chi connectivity index (χ2v) is 9.28. The first-order chi connectivity index (χ1) is 17.8. The number of carbonyl (C=O) groups is 1. The number of aromatic nitrogens is 4. The molecule has 0 aromatic carbocycles. The van der Waals surface area contributed by atoms with E-state index in [9.17, 15) is 13.6 Å². The Labute approximate surface area is 212 Å². The van der Waals surface area contributed by atoms with Crippen molar-refractivity contribution in [3.05, 3.63) is 60.0 Å². The summed E-state index contributed by atoms with van der Waals surface area (Å²) in [5.41, 5.74) is 5.72. The zero-order valence-electron chi connectivity index (χ0n) is 20.5. The average molecular weight is 514 g/mol. The van der Waals surface area contributed by atoms with Crippen LogP contribution in [0.15, 0.2) is 48.9 Å². The molecule has 196 valence electrons. The van der Waals surface area contributed by atoms with Gasteiger partial charge in [0.25, 0.3) is 12.3 Å². The number of rotatable bonds is 9. The third kappa shape index (κ3) is 5.38. The number of alkyl halides is 2. The highest BCUT2D eigenvalue weighted by molar-refractivity contribution is 5.89. The maximum Gasteiger partial charge on any atom is 0.264 e. The normalized spacial score (nSPS) is 20.6. The Balaban J connectivity index is 1.22. The minimum atomic E-state index is -2.65. The SMILES string of the molecule is COC1(C(=O)NCc2ccc(-n3cccn3)nc2)CN(c2cc(C(F)F)cc(NC3CC(C)NN3)n2)C1. The first-order valence-electron chi connectivity index (χ1n) is 12.0. The third-order valence-corrected chi connectivity index (χ3v) is 6.52. The van der Waals surface area contributed by atoms with Crippen molar-refractivity contribution in [2.45, 2.75) is 44.1 Å². The number of amides is 1. The van der Waals surface area contributed by atoms with E-state index in [4.69, 9.17) is 4.74 Å². The standard InChI is InChI=1S/C24H29F2N9O2/c1-15-8-19(33-32-15)30-18-9-17(22(25)26)10-21(31-18)34-13-24(14-34,37-2)23(36)28-12-16-4-5-20(27-11-16)35-7-3-6-29-35/h3-7,9-11,15,19,22,32-33H,8,12-14H2,1-2H3,(H,28,36)(H,30,31). The van der Waals surface area contributed by atoms with Crippen LogP contribution in [0.5, 0.6) is 0 Å². The van der Waals surface area contributed by atoms with Gasteiger partial charge in [-0.1, -0.05) is 6.07 Å². The number of hydrogen-bond donors (Lipinski definition) is 4. The fraction of sp³-hybridized carbons (Fsp3) is 0.417. The van der Waals surface area contributed by atoms with Crippen LogP contribution in [0.3, 0.4) is 0 Å². The van der Waals surface area contributed by atoms with E-state index in [0.29, 0.717) is 17.5 Å². The Hall–Kier alpha value is -3.68. The number of anilines is 2. The summed E-state index contributed by atoms with van der Waals surface area (Å²) in [6.45, 7) is 2.66. The highest BCUT2D eigenvalue weighted by Gasteiger charge is 2.50. The summed E-state index contributed by atoms with van der Waals surface area (Å²) in [5, 5.41) is 10.2. The topological polar surface area (TPSA) is 121 Å². The fourth-order valence-corrected chi connectivity index (χ4v) is 4.39. The lowest BCUT2D eigenvalue weighted by atomic mass is 9.92. The van der Waals surface area contributed by atoms with Crippen molar-refractivity contribution in [2.75, 3.05) is 30.4 Å². The van der Waals surface area contributed by atoms with Crippen molar-refractivity contribution in [3.63, 3.8) is 0 Å². The fourth-order valence-electron chi connectivity index (χ4n) is 4.39. The lowest BCUT2D eigenvalue weighted by Crippen LogP contribution is -2.70. The molecule has 5 heterocycles. The smallest absolute Gasteiger partial charge is 0.264 e. The molecule has 3 aromatic heterocycles. The minimum absolute atomic E-state index is 0.133. The van der Waals surface area contributed by atoms with Gasteiger partial charge in [-0.25, -0.2) is 28.9 Å². The number of hydrazine groups is 1. The summed E-state index contributed by atoms with van der Waals surface area (Å²) in [7, 11) is 1.47. The summed E-state index contributed by atoms with van der Waals surface area (Å²) in [6.07, 6.45) is 3.13. The molecule has 4 N–H and O–H groups in total. The highest BCUT2D eigenvalue weighted by Crippen LogP contribution is 2.33. The maximum atomic E-state index is 13.6. The molecular formula is C24H29F2N9O2. The lowest BCUT2D eigenvalue weighted by molar-refractivity contribution is -0.146. The van der Waals surface area contributed by atoms with Gasteiger partial charge < -0.3 is 20.3 Å². The van der Waals surface area contributed by atoms with E-state index < -0.39 is 12.0 Å². The van der Waals surface area contributed by atoms with Gasteiger partial charge in [-0.3, -0.25) is 10.2 Å². The van der Waals surface area contributed by atoms with Gasteiger partial charge in [-0.2, -0.15) is 5.10 Å². The maximum absolute atomic E-state index is 13.6. The molecular weight excluding hydrogens is 484 g/mol. The summed E-state index contributed by atoms with van der Waals surface area (Å²) < 4.78 is 34.4. The van der Waals surface area contributed by atoms with Crippen molar-refractivity contribution < 1.29 is 18.3 Å². The molecule has 0 bridgehead atoms. The Morgan fingerprint density at radius 2 is 2.11 bits per heavy atom. The Bertz CT molecular complexity index is 1220. The van der Waals surface area contributed by atoms with Crippen LogP contribution in [0, 0.1) is 0 Å². The predicted octanol–water partition coefficient (Wildman–Crippen LogP) is 1.75. The van der Waals surface area contributed by atoms with Gasteiger partial charge in [0, 0.05) is 43.9 Å². The summed E-state index contributed by atoms with van der Waals surface area (Å²) >= 11 is 0. The molecule has 3 aromatic rings. The van der Waals surface area contributed by atoms with E-state index in [1.165, 1.54) is 19.2 Å². The van der Waals surface area contributed by atoms with E-state index in [0.717, 1.165) is 12.0 Å². The molecule has 2 fully saturated rings. The van der Waals surface area contributed by atoms with E-state index in [1.807, 2.05) is 25.1 Å². The molecule has 2 atom stereocenters. The lowest BCUT2D eigenvalue weighted by Gasteiger charge is -2.48. The summed E-state index contributed by atoms with van der Waals surface area (Å²) in [4.78, 5) is 23.7. The van der Waals surface area contributed by atoms with E-state index in [2.05, 4.69) is 36.6 Å². The molecule has 0 radical (unpaired) electrons. The number of nitrogens with one attached hydrogen (secondary N) is 4. The summed E-state index contributed by atoms with van der Waals surface area (Å²) in [5.74, 6) is 1.08. The van der Waals surface area contributed by atoms with Crippen molar-refractivity contribution >= 4 is 17.5 Å². The Morgan fingerprint density at radius 1 is 1.27 bits per heavy atom. The number of carbonyl (C=O) groups excluding carboxylic acids is 1. The molecule has 5 rings (SSSR count). The molecule has 13 heteroatoms. The van der Waals surface area contributed by atoms with Crippen molar-refractivity contribution in [2.24, 2.45) is 0 Å². The number of halogens is 2. The van der Waals surface area contributed by atoms with E-state index >= 15 is 0 Å². The van der Waals surface area contributed by atoms with Crippen molar-refractivity contribution in [3.8, 4) is 5.82 Å². The van der Waals surface area contributed by atoms with Crippen LogP contribution in [-0.2, 0) is 16.1 Å². The van der Waals surface area contributed by atoms with Crippen molar-refractivity contribution in [1.29, 1.82) is 0 Å². The predicted molar refractivity (Wildman–Crippen MR) is 132 cm³/mol. The molecule has 0 spiro atoms. The van der Waals surface area contributed by atoms with Gasteiger partial charge in [0.05, 0.1) is 19.3 Å². The van der Waals surface area contributed by atoms with E-state index in [-0.39, 0.29) is 43.3 Å².